The zero-order valence-electron chi connectivity index (χ0n) is 15.2. The summed E-state index contributed by atoms with van der Waals surface area (Å²) >= 11 is 0. The molecule has 1 fully saturated rings. The van der Waals surface area contributed by atoms with E-state index in [1.165, 1.54) is 11.1 Å². The summed E-state index contributed by atoms with van der Waals surface area (Å²) in [5.74, 6) is 0.309. The van der Waals surface area contributed by atoms with Crippen molar-refractivity contribution in [1.29, 1.82) is 0 Å². The van der Waals surface area contributed by atoms with Gasteiger partial charge in [-0.25, -0.2) is 4.79 Å². The van der Waals surface area contributed by atoms with Crippen LogP contribution in [0.15, 0.2) is 24.3 Å². The van der Waals surface area contributed by atoms with Crippen LogP contribution < -0.4 is 10.6 Å². The quantitative estimate of drug-likeness (QED) is 0.806. The maximum atomic E-state index is 11.9. The summed E-state index contributed by atoms with van der Waals surface area (Å²) in [7, 11) is 1.78. The van der Waals surface area contributed by atoms with E-state index in [4.69, 9.17) is 4.74 Å². The Morgan fingerprint density at radius 1 is 1.33 bits per heavy atom. The smallest absolute Gasteiger partial charge is 0.314 e. The minimum Gasteiger partial charge on any atom is -0.381 e. The molecule has 2 N–H and O–H groups in total. The number of hydrogen-bond donors (Lipinski definition) is 2. The number of urea groups is 1. The first-order chi connectivity index (χ1) is 11.6. The Morgan fingerprint density at radius 3 is 2.75 bits per heavy atom. The van der Waals surface area contributed by atoms with E-state index >= 15 is 0 Å². The lowest BCUT2D eigenvalue weighted by Gasteiger charge is -2.31. The molecule has 0 bridgehead atoms. The monoisotopic (exact) mass is 333 g/mol. The summed E-state index contributed by atoms with van der Waals surface area (Å²) in [5.41, 5.74) is 2.51. The van der Waals surface area contributed by atoms with E-state index in [1.807, 2.05) is 0 Å². The van der Waals surface area contributed by atoms with Gasteiger partial charge in [0.1, 0.15) is 0 Å². The number of hydrogen-bond acceptors (Lipinski definition) is 3. The average molecular weight is 333 g/mol. The van der Waals surface area contributed by atoms with E-state index in [9.17, 15) is 4.79 Å². The van der Waals surface area contributed by atoms with Crippen LogP contribution >= 0.6 is 0 Å². The van der Waals surface area contributed by atoms with Crippen molar-refractivity contribution in [2.45, 2.75) is 38.7 Å². The van der Waals surface area contributed by atoms with Crippen molar-refractivity contribution in [3.8, 4) is 0 Å². The van der Waals surface area contributed by atoms with E-state index in [2.05, 4.69) is 53.6 Å². The molecule has 1 aromatic carbocycles. The number of nitrogens with one attached hydrogen (secondary N) is 2. The number of piperidine rings is 1. The van der Waals surface area contributed by atoms with Gasteiger partial charge in [-0.15, -0.1) is 0 Å². The Balaban J connectivity index is 1.60. The van der Waals surface area contributed by atoms with Gasteiger partial charge in [-0.05, 0) is 31.2 Å². The number of benzene rings is 1. The molecule has 0 aromatic heterocycles. The molecular formula is C19H31N3O2. The lowest BCUT2D eigenvalue weighted by atomic mass is 9.99. The maximum absolute atomic E-state index is 11.9. The number of carbonyl (C=O) groups excluding carboxylic acids is 1. The molecular weight excluding hydrogens is 302 g/mol. The summed E-state index contributed by atoms with van der Waals surface area (Å²) in [6.45, 7) is 8.55. The summed E-state index contributed by atoms with van der Waals surface area (Å²) in [5, 5.41) is 5.92. The van der Waals surface area contributed by atoms with Gasteiger partial charge < -0.3 is 20.3 Å². The van der Waals surface area contributed by atoms with Crippen LogP contribution in [-0.4, -0.2) is 56.9 Å². The van der Waals surface area contributed by atoms with Crippen LogP contribution in [0.4, 0.5) is 4.79 Å². The van der Waals surface area contributed by atoms with Gasteiger partial charge in [-0.2, -0.15) is 0 Å². The molecule has 1 saturated heterocycles. The lowest BCUT2D eigenvalue weighted by molar-refractivity contribution is 0.0416. The van der Waals surface area contributed by atoms with Crippen molar-refractivity contribution in [1.82, 2.24) is 15.5 Å². The number of aryl methyl sites for hydroxylation is 1. The van der Waals surface area contributed by atoms with Crippen molar-refractivity contribution < 1.29 is 9.53 Å². The van der Waals surface area contributed by atoms with Crippen LogP contribution in [0.5, 0.6) is 0 Å². The predicted octanol–water partition coefficient (Wildman–Crippen LogP) is 2.51. The number of nitrogens with zero attached hydrogens (tertiary/aromatic N) is 1. The second-order valence-corrected chi connectivity index (χ2v) is 6.73. The van der Waals surface area contributed by atoms with E-state index in [0.717, 1.165) is 32.5 Å². The number of rotatable bonds is 7. The summed E-state index contributed by atoms with van der Waals surface area (Å²) in [4.78, 5) is 14.3. The molecule has 24 heavy (non-hydrogen) atoms. The number of carbonyl (C=O) groups is 1. The highest BCUT2D eigenvalue weighted by Crippen LogP contribution is 2.15. The molecule has 0 spiro atoms. The number of amides is 2. The van der Waals surface area contributed by atoms with Crippen molar-refractivity contribution in [3.05, 3.63) is 35.4 Å². The van der Waals surface area contributed by atoms with E-state index in [0.29, 0.717) is 25.1 Å². The SMILES string of the molecule is COC1CCN(CCNC(=O)NCC(C)c2cccc(C)c2)CC1. The Hall–Kier alpha value is -1.59. The third-order valence-electron chi connectivity index (χ3n) is 4.76. The molecule has 134 valence electrons. The highest BCUT2D eigenvalue weighted by Gasteiger charge is 2.18. The van der Waals surface area contributed by atoms with Crippen molar-refractivity contribution in [2.75, 3.05) is 39.8 Å². The highest BCUT2D eigenvalue weighted by molar-refractivity contribution is 5.73. The van der Waals surface area contributed by atoms with Gasteiger partial charge in [0.15, 0.2) is 0 Å². The summed E-state index contributed by atoms with van der Waals surface area (Å²) < 4.78 is 5.37. The van der Waals surface area contributed by atoms with Crippen LogP contribution in [0.3, 0.4) is 0 Å². The minimum absolute atomic E-state index is 0.0821. The summed E-state index contributed by atoms with van der Waals surface area (Å²) in [6, 6.07) is 8.36. The van der Waals surface area contributed by atoms with Crippen LogP contribution in [0.1, 0.15) is 36.8 Å². The molecule has 1 atom stereocenters. The first kappa shape index (κ1) is 18.7. The third-order valence-corrected chi connectivity index (χ3v) is 4.76. The molecule has 5 heteroatoms. The third kappa shape index (κ3) is 6.13. The van der Waals surface area contributed by atoms with Crippen molar-refractivity contribution in [2.24, 2.45) is 0 Å². The average Bonchev–Trinajstić information content (AvgIpc) is 2.60. The van der Waals surface area contributed by atoms with E-state index in [-0.39, 0.29) is 6.03 Å². The minimum atomic E-state index is -0.0821. The van der Waals surface area contributed by atoms with Crippen LogP contribution in [0, 0.1) is 6.92 Å². The molecule has 2 rings (SSSR count). The van der Waals surface area contributed by atoms with E-state index in [1.54, 1.807) is 7.11 Å². The first-order valence-corrected chi connectivity index (χ1v) is 8.92. The van der Waals surface area contributed by atoms with Gasteiger partial charge >= 0.3 is 6.03 Å². The Bertz CT molecular complexity index is 513. The zero-order valence-corrected chi connectivity index (χ0v) is 15.2. The van der Waals surface area contributed by atoms with Gasteiger partial charge in [-0.3, -0.25) is 0 Å². The van der Waals surface area contributed by atoms with Gasteiger partial charge in [0, 0.05) is 39.8 Å². The fourth-order valence-corrected chi connectivity index (χ4v) is 3.10. The second kappa shape index (κ2) is 9.64. The molecule has 0 saturated carbocycles. The van der Waals surface area contributed by atoms with Gasteiger partial charge in [0.25, 0.3) is 0 Å². The molecule has 0 radical (unpaired) electrons. The number of likely N-dealkylation sites (tertiary alicyclic amines) is 1. The molecule has 1 unspecified atom stereocenters. The van der Waals surface area contributed by atoms with Gasteiger partial charge in [0.05, 0.1) is 6.10 Å². The van der Waals surface area contributed by atoms with Crippen LogP contribution in [-0.2, 0) is 4.74 Å². The molecule has 5 nitrogen and oxygen atoms in total. The lowest BCUT2D eigenvalue weighted by Crippen LogP contribution is -2.44. The molecule has 1 aromatic rings. The Morgan fingerprint density at radius 2 is 2.08 bits per heavy atom. The predicted molar refractivity (Wildman–Crippen MR) is 97.5 cm³/mol. The fourth-order valence-electron chi connectivity index (χ4n) is 3.10. The highest BCUT2D eigenvalue weighted by atomic mass is 16.5. The Labute approximate surface area is 145 Å². The van der Waals surface area contributed by atoms with E-state index < -0.39 is 0 Å². The normalized spacial score (nSPS) is 17.5. The first-order valence-electron chi connectivity index (χ1n) is 8.92. The summed E-state index contributed by atoms with van der Waals surface area (Å²) in [6.07, 6.45) is 2.56. The van der Waals surface area contributed by atoms with Gasteiger partial charge in [-0.1, -0.05) is 36.8 Å². The Kier molecular flexibility index (Phi) is 7.53. The molecule has 1 aliphatic rings. The zero-order chi connectivity index (χ0) is 17.4. The maximum Gasteiger partial charge on any atom is 0.314 e. The standard InChI is InChI=1S/C19H31N3O2/c1-15-5-4-6-17(13-15)16(2)14-21-19(23)20-9-12-22-10-7-18(24-3)8-11-22/h4-6,13,16,18H,7-12,14H2,1-3H3,(H2,20,21,23). The van der Waals surface area contributed by atoms with Crippen molar-refractivity contribution >= 4 is 6.03 Å². The van der Waals surface area contributed by atoms with Crippen LogP contribution in [0.2, 0.25) is 0 Å². The largest absolute Gasteiger partial charge is 0.381 e. The number of methoxy groups -OCH3 is 1. The van der Waals surface area contributed by atoms with Crippen molar-refractivity contribution in [3.63, 3.8) is 0 Å². The van der Waals surface area contributed by atoms with Gasteiger partial charge in [0.2, 0.25) is 0 Å². The topological polar surface area (TPSA) is 53.6 Å². The second-order valence-electron chi connectivity index (χ2n) is 6.73. The molecule has 0 aliphatic carbocycles. The molecule has 1 aliphatic heterocycles. The fraction of sp³-hybridized carbons (Fsp3) is 0.632. The van der Waals surface area contributed by atoms with Crippen LogP contribution in [0.25, 0.3) is 0 Å². The molecule has 2 amide bonds. The molecule has 1 heterocycles. The number of ether oxygens (including phenoxy) is 1.